The van der Waals surface area contributed by atoms with Crippen molar-refractivity contribution in [2.75, 3.05) is 5.32 Å². The van der Waals surface area contributed by atoms with Crippen LogP contribution in [-0.4, -0.2) is 30.5 Å². The van der Waals surface area contributed by atoms with Crippen LogP contribution in [0.25, 0.3) is 11.4 Å². The number of non-ortho nitro benzene ring substituents is 2. The lowest BCUT2D eigenvalue weighted by Crippen LogP contribution is -2.19. The molecule has 0 aliphatic carbocycles. The first-order valence-corrected chi connectivity index (χ1v) is 8.09. The molecule has 0 saturated heterocycles. The van der Waals surface area contributed by atoms with Crippen LogP contribution in [0.15, 0.2) is 48.8 Å². The number of anilines is 1. The predicted octanol–water partition coefficient (Wildman–Crippen LogP) is 3.05. The monoisotopic (exact) mass is 402 g/mol. The first-order chi connectivity index (χ1) is 13.3. The van der Waals surface area contributed by atoms with Gasteiger partial charge >= 0.3 is 0 Å². The third-order valence-corrected chi connectivity index (χ3v) is 3.94. The topological polar surface area (TPSA) is 146 Å². The highest BCUT2D eigenvalue weighted by atomic mass is 35.5. The van der Waals surface area contributed by atoms with Crippen molar-refractivity contribution in [3.63, 3.8) is 0 Å². The number of carbonyl (C=O) groups excluding carboxylic acids is 1. The first kappa shape index (κ1) is 18.9. The molecule has 3 rings (SSSR count). The highest BCUT2D eigenvalue weighted by molar-refractivity contribution is 6.33. The van der Waals surface area contributed by atoms with Gasteiger partial charge in [-0.3, -0.25) is 25.0 Å². The third kappa shape index (κ3) is 4.27. The Balaban J connectivity index is 1.70. The van der Waals surface area contributed by atoms with Crippen LogP contribution in [0.4, 0.5) is 17.1 Å². The van der Waals surface area contributed by atoms with Gasteiger partial charge in [-0.05, 0) is 18.2 Å². The smallest absolute Gasteiger partial charge is 0.271 e. The lowest BCUT2D eigenvalue weighted by Gasteiger charge is -2.07. The van der Waals surface area contributed by atoms with Gasteiger partial charge in [0.15, 0.2) is 5.82 Å². The van der Waals surface area contributed by atoms with Crippen molar-refractivity contribution in [3.05, 3.63) is 74.0 Å². The molecule has 0 spiro atoms. The van der Waals surface area contributed by atoms with Crippen molar-refractivity contribution in [2.24, 2.45) is 0 Å². The zero-order valence-electron chi connectivity index (χ0n) is 14.0. The molecule has 28 heavy (non-hydrogen) atoms. The first-order valence-electron chi connectivity index (χ1n) is 7.71. The largest absolute Gasteiger partial charge is 0.323 e. The van der Waals surface area contributed by atoms with Gasteiger partial charge in [-0.15, -0.1) is 0 Å². The molecule has 1 aromatic heterocycles. The Morgan fingerprint density at radius 2 is 1.71 bits per heavy atom. The molecule has 0 radical (unpaired) electrons. The number of nitro groups is 2. The molecule has 2 aromatic carbocycles. The maximum absolute atomic E-state index is 12.2. The zero-order chi connectivity index (χ0) is 20.3. The highest BCUT2D eigenvalue weighted by Gasteiger charge is 2.14. The molecule has 1 N–H and O–H groups in total. The molecule has 3 aromatic rings. The van der Waals surface area contributed by atoms with Crippen LogP contribution in [-0.2, 0) is 11.3 Å². The lowest BCUT2D eigenvalue weighted by molar-refractivity contribution is -0.385. The van der Waals surface area contributed by atoms with E-state index in [1.807, 2.05) is 0 Å². The summed E-state index contributed by atoms with van der Waals surface area (Å²) in [4.78, 5) is 36.6. The fraction of sp³-hybridized carbons (Fsp3) is 0.0625. The van der Waals surface area contributed by atoms with Crippen LogP contribution in [0.2, 0.25) is 5.02 Å². The van der Waals surface area contributed by atoms with E-state index in [0.29, 0.717) is 5.56 Å². The normalized spacial score (nSPS) is 10.5. The van der Waals surface area contributed by atoms with Gasteiger partial charge < -0.3 is 5.32 Å². The van der Waals surface area contributed by atoms with Crippen molar-refractivity contribution >= 4 is 34.6 Å². The van der Waals surface area contributed by atoms with E-state index in [-0.39, 0.29) is 34.5 Å². The maximum Gasteiger partial charge on any atom is 0.271 e. The summed E-state index contributed by atoms with van der Waals surface area (Å²) in [5.74, 6) is -0.223. The summed E-state index contributed by atoms with van der Waals surface area (Å²) in [6.07, 6.45) is 1.32. The maximum atomic E-state index is 12.2. The minimum Gasteiger partial charge on any atom is -0.323 e. The number of amides is 1. The molecular formula is C16H11ClN6O5. The van der Waals surface area contributed by atoms with E-state index in [4.69, 9.17) is 11.6 Å². The Morgan fingerprint density at radius 1 is 1.07 bits per heavy atom. The van der Waals surface area contributed by atoms with E-state index in [0.717, 1.165) is 6.07 Å². The van der Waals surface area contributed by atoms with E-state index < -0.39 is 15.8 Å². The summed E-state index contributed by atoms with van der Waals surface area (Å²) in [6.45, 7) is -0.209. The number of nitro benzene ring substituents is 2. The SMILES string of the molecule is O=C(Cn1cnc(-c2ccc([N+](=O)[O-])cc2)n1)Nc1cc([N+](=O)[O-])ccc1Cl. The van der Waals surface area contributed by atoms with Crippen LogP contribution in [0.3, 0.4) is 0 Å². The van der Waals surface area contributed by atoms with Crippen LogP contribution in [0, 0.1) is 20.2 Å². The average molecular weight is 403 g/mol. The second kappa shape index (κ2) is 7.80. The van der Waals surface area contributed by atoms with Gasteiger partial charge in [0, 0.05) is 29.8 Å². The number of nitrogens with zero attached hydrogens (tertiary/aromatic N) is 5. The molecule has 0 atom stereocenters. The summed E-state index contributed by atoms with van der Waals surface area (Å²) in [5, 5.41) is 28.3. The minimum absolute atomic E-state index is 0.0589. The van der Waals surface area contributed by atoms with Crippen LogP contribution in [0.1, 0.15) is 0 Å². The van der Waals surface area contributed by atoms with Crippen LogP contribution in [0.5, 0.6) is 0 Å². The van der Waals surface area contributed by atoms with Crippen molar-refractivity contribution < 1.29 is 14.6 Å². The van der Waals surface area contributed by atoms with Gasteiger partial charge in [0.05, 0.1) is 20.6 Å². The molecule has 1 heterocycles. The van der Waals surface area contributed by atoms with Gasteiger partial charge in [0.25, 0.3) is 11.4 Å². The average Bonchev–Trinajstić information content (AvgIpc) is 3.11. The van der Waals surface area contributed by atoms with E-state index in [9.17, 15) is 25.0 Å². The van der Waals surface area contributed by atoms with E-state index in [1.165, 1.54) is 47.4 Å². The van der Waals surface area contributed by atoms with Gasteiger partial charge in [0.2, 0.25) is 5.91 Å². The molecule has 0 fully saturated rings. The molecule has 0 bridgehead atoms. The Labute approximate surface area is 161 Å². The second-order valence-electron chi connectivity index (χ2n) is 5.54. The fourth-order valence-electron chi connectivity index (χ4n) is 2.29. The molecule has 0 aliphatic rings. The Morgan fingerprint density at radius 3 is 2.36 bits per heavy atom. The lowest BCUT2D eigenvalue weighted by atomic mass is 10.2. The molecule has 0 unspecified atom stereocenters. The molecule has 0 aliphatic heterocycles. The van der Waals surface area contributed by atoms with Crippen molar-refractivity contribution in [1.82, 2.24) is 14.8 Å². The van der Waals surface area contributed by atoms with Crippen molar-refractivity contribution in [3.8, 4) is 11.4 Å². The quantitative estimate of drug-likeness (QED) is 0.492. The molecular weight excluding hydrogens is 392 g/mol. The number of nitrogens with one attached hydrogen (secondary N) is 1. The summed E-state index contributed by atoms with van der Waals surface area (Å²) >= 11 is 5.95. The van der Waals surface area contributed by atoms with Gasteiger partial charge in [-0.25, -0.2) is 9.67 Å². The number of carbonyl (C=O) groups is 1. The second-order valence-corrected chi connectivity index (χ2v) is 5.95. The van der Waals surface area contributed by atoms with Gasteiger partial charge in [-0.1, -0.05) is 11.6 Å². The van der Waals surface area contributed by atoms with Crippen molar-refractivity contribution in [1.29, 1.82) is 0 Å². The van der Waals surface area contributed by atoms with Gasteiger partial charge in [0.1, 0.15) is 12.9 Å². The number of hydrogen-bond donors (Lipinski definition) is 1. The molecule has 0 saturated carbocycles. The predicted molar refractivity (Wildman–Crippen MR) is 98.8 cm³/mol. The number of hydrogen-bond acceptors (Lipinski definition) is 7. The number of halogens is 1. The molecule has 12 heteroatoms. The Kier molecular flexibility index (Phi) is 5.27. The molecule has 142 valence electrons. The third-order valence-electron chi connectivity index (χ3n) is 3.61. The Bertz CT molecular complexity index is 1070. The molecule has 1 amide bonds. The summed E-state index contributed by atoms with van der Waals surface area (Å²) in [6, 6.07) is 9.36. The van der Waals surface area contributed by atoms with Crippen molar-refractivity contribution in [2.45, 2.75) is 6.54 Å². The molecule has 11 nitrogen and oxygen atoms in total. The van der Waals surface area contributed by atoms with E-state index in [1.54, 1.807) is 0 Å². The Hall–Kier alpha value is -3.86. The summed E-state index contributed by atoms with van der Waals surface area (Å²) in [7, 11) is 0. The van der Waals surface area contributed by atoms with Crippen LogP contribution >= 0.6 is 11.6 Å². The highest BCUT2D eigenvalue weighted by Crippen LogP contribution is 2.26. The number of benzene rings is 2. The summed E-state index contributed by atoms with van der Waals surface area (Å²) in [5.41, 5.74) is 0.389. The minimum atomic E-state index is -0.597. The van der Waals surface area contributed by atoms with Gasteiger partial charge in [-0.2, -0.15) is 5.10 Å². The fourth-order valence-corrected chi connectivity index (χ4v) is 2.46. The zero-order valence-corrected chi connectivity index (χ0v) is 14.7. The standard InChI is InChI=1S/C16H11ClN6O5/c17-13-6-5-12(23(27)28)7-14(13)19-15(24)8-21-9-18-16(20-21)10-1-3-11(4-2-10)22(25)26/h1-7,9H,8H2,(H,19,24). The van der Waals surface area contributed by atoms with E-state index >= 15 is 0 Å². The summed E-state index contributed by atoms with van der Waals surface area (Å²) < 4.78 is 1.26. The number of rotatable bonds is 6. The number of aromatic nitrogens is 3. The van der Waals surface area contributed by atoms with Crippen LogP contribution < -0.4 is 5.32 Å². The van der Waals surface area contributed by atoms with E-state index in [2.05, 4.69) is 15.4 Å².